The molecule has 1 aliphatic rings. The molecule has 0 unspecified atom stereocenters. The Labute approximate surface area is 214 Å². The van der Waals surface area contributed by atoms with Gasteiger partial charge in [-0.3, -0.25) is 19.2 Å². The van der Waals surface area contributed by atoms with Crippen molar-refractivity contribution in [1.29, 1.82) is 0 Å². The van der Waals surface area contributed by atoms with Gasteiger partial charge in [-0.2, -0.15) is 0 Å². The van der Waals surface area contributed by atoms with E-state index in [9.17, 15) is 19.2 Å². The van der Waals surface area contributed by atoms with Gasteiger partial charge in [0, 0.05) is 0 Å². The number of rotatable bonds is 5. The summed E-state index contributed by atoms with van der Waals surface area (Å²) in [6.07, 6.45) is -6.20. The monoisotopic (exact) mass is 515 g/mol. The summed E-state index contributed by atoms with van der Waals surface area (Å²) in [6, 6.07) is 0. The van der Waals surface area contributed by atoms with Crippen LogP contribution < -0.4 is 5.73 Å². The highest BCUT2D eigenvalue weighted by Gasteiger charge is 2.53. The first-order valence-electron chi connectivity index (χ1n) is 12.2. The lowest BCUT2D eigenvalue weighted by Gasteiger charge is -2.45. The second kappa shape index (κ2) is 11.0. The zero-order valence-electron chi connectivity index (χ0n) is 23.8. The van der Waals surface area contributed by atoms with Crippen LogP contribution in [0.1, 0.15) is 83.1 Å². The molecule has 0 aromatic heterocycles. The molecule has 1 aliphatic heterocycles. The number of hydrogen-bond acceptors (Lipinski definition) is 10. The van der Waals surface area contributed by atoms with Crippen LogP contribution in [-0.4, -0.2) is 61.1 Å². The van der Waals surface area contributed by atoms with Crippen LogP contribution in [0.25, 0.3) is 0 Å². The molecule has 0 amide bonds. The Morgan fingerprint density at radius 2 is 0.917 bits per heavy atom. The summed E-state index contributed by atoms with van der Waals surface area (Å²) < 4.78 is 28.5. The van der Waals surface area contributed by atoms with Gasteiger partial charge in [0.2, 0.25) is 0 Å². The van der Waals surface area contributed by atoms with E-state index >= 15 is 0 Å². The van der Waals surface area contributed by atoms with Crippen molar-refractivity contribution in [3.05, 3.63) is 0 Å². The molecule has 1 rings (SSSR count). The smallest absolute Gasteiger partial charge is 0.311 e. The van der Waals surface area contributed by atoms with Gasteiger partial charge in [-0.05, 0) is 83.1 Å². The summed E-state index contributed by atoms with van der Waals surface area (Å²) in [4.78, 5) is 51.0. The van der Waals surface area contributed by atoms with E-state index in [4.69, 9.17) is 29.4 Å². The highest BCUT2D eigenvalue weighted by atomic mass is 16.7. The van der Waals surface area contributed by atoms with Gasteiger partial charge in [-0.1, -0.05) is 0 Å². The van der Waals surface area contributed by atoms with Gasteiger partial charge in [-0.25, -0.2) is 0 Å². The first-order valence-corrected chi connectivity index (χ1v) is 12.2. The summed E-state index contributed by atoms with van der Waals surface area (Å²) in [7, 11) is 0. The van der Waals surface area contributed by atoms with Crippen molar-refractivity contribution in [2.45, 2.75) is 114 Å². The van der Waals surface area contributed by atoms with Gasteiger partial charge in [0.15, 0.2) is 18.3 Å². The van der Waals surface area contributed by atoms with Gasteiger partial charge < -0.3 is 29.4 Å². The van der Waals surface area contributed by atoms with Crippen molar-refractivity contribution in [2.24, 2.45) is 27.4 Å². The molecular formula is C26H45NO9. The van der Waals surface area contributed by atoms with Gasteiger partial charge in [0.05, 0.1) is 21.7 Å². The number of carbonyl (C=O) groups excluding carboxylic acids is 4. The van der Waals surface area contributed by atoms with Gasteiger partial charge in [0.1, 0.15) is 18.9 Å². The minimum absolute atomic E-state index is 0.324. The van der Waals surface area contributed by atoms with E-state index < -0.39 is 76.2 Å². The quantitative estimate of drug-likeness (QED) is 0.429. The van der Waals surface area contributed by atoms with Crippen molar-refractivity contribution in [3.8, 4) is 0 Å². The summed E-state index contributed by atoms with van der Waals surface area (Å²) in [6.45, 7) is 19.7. The predicted molar refractivity (Wildman–Crippen MR) is 131 cm³/mol. The van der Waals surface area contributed by atoms with Crippen LogP contribution in [0.5, 0.6) is 0 Å². The average molecular weight is 516 g/mol. The molecule has 1 fully saturated rings. The number of carbonyl (C=O) groups is 4. The SMILES string of the molecule is CC(C)(C)C(=O)OC[C@@H]1O[C@@H](N)[C@@H](OC(=O)C(C)(C)C)[C@@H](OC(=O)C(C)(C)C)[C@H]1OC(=O)C(C)(C)C. The predicted octanol–water partition coefficient (Wildman–Crippen LogP) is 3.13. The maximum absolute atomic E-state index is 12.9. The number of ether oxygens (including phenoxy) is 5. The van der Waals surface area contributed by atoms with Crippen LogP contribution >= 0.6 is 0 Å². The fraction of sp³-hybridized carbons (Fsp3) is 0.846. The molecule has 0 aromatic rings. The first-order chi connectivity index (χ1) is 16.0. The first kappa shape index (κ1) is 31.8. The van der Waals surface area contributed by atoms with Gasteiger partial charge in [0.25, 0.3) is 0 Å². The van der Waals surface area contributed by atoms with E-state index in [1.807, 2.05) is 0 Å². The van der Waals surface area contributed by atoms with Crippen molar-refractivity contribution < 1.29 is 42.9 Å². The molecule has 1 heterocycles. The Bertz CT molecular complexity index is 824. The van der Waals surface area contributed by atoms with E-state index in [2.05, 4.69) is 0 Å². The van der Waals surface area contributed by atoms with Crippen LogP contribution in [0.2, 0.25) is 0 Å². The summed E-state index contributed by atoms with van der Waals surface area (Å²) in [5.74, 6) is -2.36. The molecule has 10 nitrogen and oxygen atoms in total. The maximum Gasteiger partial charge on any atom is 0.311 e. The molecular weight excluding hydrogens is 470 g/mol. The van der Waals surface area contributed by atoms with E-state index in [1.54, 1.807) is 83.1 Å². The van der Waals surface area contributed by atoms with Crippen molar-refractivity contribution in [1.82, 2.24) is 0 Å². The molecule has 2 N–H and O–H groups in total. The Balaban J connectivity index is 3.50. The van der Waals surface area contributed by atoms with Crippen LogP contribution in [0.3, 0.4) is 0 Å². The lowest BCUT2D eigenvalue weighted by molar-refractivity contribution is -0.259. The lowest BCUT2D eigenvalue weighted by Crippen LogP contribution is -2.65. The molecule has 0 bridgehead atoms. The fourth-order valence-electron chi connectivity index (χ4n) is 2.76. The van der Waals surface area contributed by atoms with Crippen molar-refractivity contribution in [3.63, 3.8) is 0 Å². The Hall–Kier alpha value is -2.20. The van der Waals surface area contributed by atoms with E-state index in [0.717, 1.165) is 0 Å². The van der Waals surface area contributed by atoms with Crippen LogP contribution in [0.15, 0.2) is 0 Å². The minimum atomic E-state index is -1.31. The van der Waals surface area contributed by atoms with Crippen molar-refractivity contribution >= 4 is 23.9 Å². The fourth-order valence-corrected chi connectivity index (χ4v) is 2.76. The number of hydrogen-bond donors (Lipinski definition) is 1. The molecule has 10 heteroatoms. The highest BCUT2D eigenvalue weighted by Crippen LogP contribution is 2.32. The molecule has 0 aliphatic carbocycles. The van der Waals surface area contributed by atoms with Gasteiger partial charge in [-0.15, -0.1) is 0 Å². The molecule has 36 heavy (non-hydrogen) atoms. The third kappa shape index (κ3) is 8.73. The molecule has 1 saturated heterocycles. The Kier molecular flexibility index (Phi) is 9.77. The molecule has 0 radical (unpaired) electrons. The number of nitrogens with two attached hydrogens (primary N) is 1. The summed E-state index contributed by atoms with van der Waals surface area (Å²) in [5.41, 5.74) is 2.71. The third-order valence-corrected chi connectivity index (χ3v) is 5.23. The summed E-state index contributed by atoms with van der Waals surface area (Å²) >= 11 is 0. The molecule has 0 aromatic carbocycles. The number of esters is 4. The van der Waals surface area contributed by atoms with Crippen LogP contribution in [0.4, 0.5) is 0 Å². The molecule has 0 saturated carbocycles. The zero-order valence-corrected chi connectivity index (χ0v) is 23.8. The molecule has 0 spiro atoms. The lowest BCUT2D eigenvalue weighted by atomic mass is 9.92. The maximum atomic E-state index is 12.9. The third-order valence-electron chi connectivity index (χ3n) is 5.23. The highest BCUT2D eigenvalue weighted by molar-refractivity contribution is 5.78. The normalized spacial score (nSPS) is 25.5. The van der Waals surface area contributed by atoms with Crippen molar-refractivity contribution in [2.75, 3.05) is 6.61 Å². The standard InChI is InChI=1S/C26H45NO9/c1-23(2,3)19(28)32-13-14-15(34-20(29)24(4,5)6)16(35-21(30)25(7,8)9)17(18(27)33-14)36-22(31)26(10,11)12/h14-18H,13,27H2,1-12H3/t14-,15-,16-,17-,18+/m0/s1. The van der Waals surface area contributed by atoms with Gasteiger partial charge >= 0.3 is 23.9 Å². The summed E-state index contributed by atoms with van der Waals surface area (Å²) in [5, 5.41) is 0. The second-order valence-electron chi connectivity index (χ2n) is 13.3. The topological polar surface area (TPSA) is 140 Å². The minimum Gasteiger partial charge on any atom is -0.462 e. The van der Waals surface area contributed by atoms with E-state index in [0.29, 0.717) is 0 Å². The molecule has 5 atom stereocenters. The Morgan fingerprint density at radius 1 is 0.583 bits per heavy atom. The Morgan fingerprint density at radius 3 is 1.28 bits per heavy atom. The van der Waals surface area contributed by atoms with E-state index in [1.165, 1.54) is 0 Å². The average Bonchev–Trinajstić information content (AvgIpc) is 2.67. The van der Waals surface area contributed by atoms with Crippen LogP contribution in [-0.2, 0) is 42.9 Å². The zero-order chi connectivity index (χ0) is 28.4. The second-order valence-corrected chi connectivity index (χ2v) is 13.3. The van der Waals surface area contributed by atoms with Crippen LogP contribution in [0, 0.1) is 21.7 Å². The largest absolute Gasteiger partial charge is 0.462 e. The van der Waals surface area contributed by atoms with E-state index in [-0.39, 0.29) is 6.61 Å². The molecule has 208 valence electrons.